The number of rotatable bonds is 4. The molecule has 0 aliphatic heterocycles. The van der Waals surface area contributed by atoms with Crippen molar-refractivity contribution in [1.29, 1.82) is 0 Å². The van der Waals surface area contributed by atoms with Gasteiger partial charge >= 0.3 is 0 Å². The van der Waals surface area contributed by atoms with Gasteiger partial charge in [-0.25, -0.2) is 5.48 Å². The zero-order valence-electron chi connectivity index (χ0n) is 7.72. The predicted molar refractivity (Wildman–Crippen MR) is 49.5 cm³/mol. The average molecular weight is 173 g/mol. The molecule has 2 nitrogen and oxygen atoms in total. The van der Waals surface area contributed by atoms with E-state index in [0.29, 0.717) is 0 Å². The minimum absolute atomic E-state index is 0.770. The lowest BCUT2D eigenvalue weighted by molar-refractivity contribution is 0.160. The van der Waals surface area contributed by atoms with E-state index >= 15 is 0 Å². The number of hydrogen-bond acceptors (Lipinski definition) is 2. The molecule has 0 heterocycles. The van der Waals surface area contributed by atoms with Gasteiger partial charge in [0.1, 0.15) is 0 Å². The van der Waals surface area contributed by atoms with E-state index in [-0.39, 0.29) is 0 Å². The molecule has 0 amide bonds. The second-order valence-corrected chi connectivity index (χ2v) is 10.4. The molecule has 1 fully saturated rings. The maximum absolute atomic E-state index is 8.45. The van der Waals surface area contributed by atoms with Crippen LogP contribution in [0.5, 0.6) is 0 Å². The molecular formula is C8H19NOSi. The highest BCUT2D eigenvalue weighted by molar-refractivity contribution is 6.76. The first kappa shape index (κ1) is 9.23. The maximum Gasteiger partial charge on any atom is 0.0445 e. The third-order valence-electron chi connectivity index (χ3n) is 2.30. The summed E-state index contributed by atoms with van der Waals surface area (Å²) in [4.78, 5) is 0. The largest absolute Gasteiger partial charge is 0.317 e. The molecule has 1 rings (SSSR count). The molecule has 0 unspecified atom stereocenters. The number of hydroxylamine groups is 1. The highest BCUT2D eigenvalue weighted by Gasteiger charge is 2.39. The summed E-state index contributed by atoms with van der Waals surface area (Å²) in [5.41, 5.74) is 2.26. The van der Waals surface area contributed by atoms with Crippen molar-refractivity contribution in [3.05, 3.63) is 0 Å². The molecule has 0 spiro atoms. The third kappa shape index (κ3) is 3.36. The molecular weight excluding hydrogens is 154 g/mol. The van der Waals surface area contributed by atoms with E-state index in [0.717, 1.165) is 18.4 Å². The summed E-state index contributed by atoms with van der Waals surface area (Å²) < 4.78 is 0. The molecule has 1 saturated carbocycles. The monoisotopic (exact) mass is 173 g/mol. The Labute approximate surface area is 70.0 Å². The topological polar surface area (TPSA) is 32.3 Å². The van der Waals surface area contributed by atoms with Gasteiger partial charge in [-0.1, -0.05) is 25.7 Å². The van der Waals surface area contributed by atoms with Gasteiger partial charge in [0, 0.05) is 14.6 Å². The highest BCUT2D eigenvalue weighted by Crippen LogP contribution is 2.43. The first-order valence-corrected chi connectivity index (χ1v) is 8.10. The molecule has 11 heavy (non-hydrogen) atoms. The highest BCUT2D eigenvalue weighted by atomic mass is 28.3. The lowest BCUT2D eigenvalue weighted by atomic mass is 10.3. The van der Waals surface area contributed by atoms with Gasteiger partial charge in [-0.05, 0) is 18.3 Å². The summed E-state index contributed by atoms with van der Waals surface area (Å²) in [5, 5.41) is 8.45. The Morgan fingerprint density at radius 2 is 2.00 bits per heavy atom. The molecule has 2 atom stereocenters. The van der Waals surface area contributed by atoms with Crippen LogP contribution < -0.4 is 5.48 Å². The quantitative estimate of drug-likeness (QED) is 0.503. The molecule has 0 radical (unpaired) electrons. The van der Waals surface area contributed by atoms with Crippen molar-refractivity contribution in [2.75, 3.05) is 6.54 Å². The van der Waals surface area contributed by atoms with Gasteiger partial charge in [-0.15, -0.1) is 0 Å². The fourth-order valence-electron chi connectivity index (χ4n) is 1.71. The van der Waals surface area contributed by atoms with E-state index < -0.39 is 8.07 Å². The fourth-order valence-corrected chi connectivity index (χ4v) is 3.79. The summed E-state index contributed by atoms with van der Waals surface area (Å²) in [7, 11) is -0.838. The molecule has 1 aliphatic rings. The molecule has 1 aliphatic carbocycles. The van der Waals surface area contributed by atoms with Crippen LogP contribution in [-0.2, 0) is 0 Å². The van der Waals surface area contributed by atoms with E-state index in [9.17, 15) is 0 Å². The van der Waals surface area contributed by atoms with Crippen LogP contribution in [0.1, 0.15) is 6.42 Å². The van der Waals surface area contributed by atoms with Crippen molar-refractivity contribution in [1.82, 2.24) is 5.48 Å². The van der Waals surface area contributed by atoms with Crippen LogP contribution in [0.2, 0.25) is 25.7 Å². The predicted octanol–water partition coefficient (Wildman–Crippen LogP) is 1.94. The maximum atomic E-state index is 8.45. The molecule has 0 aromatic rings. The van der Waals surface area contributed by atoms with Gasteiger partial charge in [-0.2, -0.15) is 0 Å². The lowest BCUT2D eigenvalue weighted by Gasteiger charge is -2.14. The third-order valence-corrected chi connectivity index (χ3v) is 4.05. The number of hydrogen-bond donors (Lipinski definition) is 2. The second-order valence-electron chi connectivity index (χ2n) is 4.88. The molecule has 2 N–H and O–H groups in total. The summed E-state index contributed by atoms with van der Waals surface area (Å²) in [6.07, 6.45) is 1.33. The zero-order valence-corrected chi connectivity index (χ0v) is 8.72. The van der Waals surface area contributed by atoms with Gasteiger partial charge in [0.2, 0.25) is 0 Å². The standard InChI is InChI=1S/C8H19NOSi/c1-11(2,3)6-8-4-7(8)5-9-10/h7-10H,4-6H2,1-3H3/t7-,8+/m0/s1. The number of nitrogens with one attached hydrogen (secondary N) is 1. The molecule has 0 aromatic heterocycles. The molecule has 3 heteroatoms. The Bertz CT molecular complexity index is 133. The van der Waals surface area contributed by atoms with Crippen molar-refractivity contribution in [2.24, 2.45) is 11.8 Å². The first-order valence-electron chi connectivity index (χ1n) is 4.40. The van der Waals surface area contributed by atoms with Crippen molar-refractivity contribution >= 4 is 8.07 Å². The average Bonchev–Trinajstić information content (AvgIpc) is 2.44. The van der Waals surface area contributed by atoms with Gasteiger partial charge in [0.15, 0.2) is 0 Å². The Morgan fingerprint density at radius 3 is 2.45 bits per heavy atom. The lowest BCUT2D eigenvalue weighted by Crippen LogP contribution is -2.21. The van der Waals surface area contributed by atoms with Crippen LogP contribution in [0.15, 0.2) is 0 Å². The minimum Gasteiger partial charge on any atom is -0.317 e. The van der Waals surface area contributed by atoms with Gasteiger partial charge < -0.3 is 5.21 Å². The summed E-state index contributed by atoms with van der Waals surface area (Å²) in [5.74, 6) is 1.69. The van der Waals surface area contributed by atoms with E-state index in [1.54, 1.807) is 0 Å². The van der Waals surface area contributed by atoms with Crippen LogP contribution in [0.25, 0.3) is 0 Å². The van der Waals surface area contributed by atoms with E-state index in [2.05, 4.69) is 25.1 Å². The van der Waals surface area contributed by atoms with Gasteiger partial charge in [0.05, 0.1) is 0 Å². The second kappa shape index (κ2) is 3.25. The van der Waals surface area contributed by atoms with Crippen molar-refractivity contribution in [3.8, 4) is 0 Å². The fraction of sp³-hybridized carbons (Fsp3) is 1.00. The van der Waals surface area contributed by atoms with Crippen LogP contribution >= 0.6 is 0 Å². The Kier molecular flexibility index (Phi) is 2.73. The molecule has 0 saturated heterocycles. The smallest absolute Gasteiger partial charge is 0.0445 e. The summed E-state index contributed by atoms with van der Waals surface area (Å²) in [6, 6.07) is 1.43. The van der Waals surface area contributed by atoms with Gasteiger partial charge in [0.25, 0.3) is 0 Å². The van der Waals surface area contributed by atoms with Crippen LogP contribution in [0.4, 0.5) is 0 Å². The summed E-state index contributed by atoms with van der Waals surface area (Å²) in [6.45, 7) is 8.04. The Balaban J connectivity index is 2.13. The van der Waals surface area contributed by atoms with Crippen LogP contribution in [0.3, 0.4) is 0 Å². The minimum atomic E-state index is -0.838. The normalized spacial score (nSPS) is 30.5. The Hall–Kier alpha value is 0.137. The van der Waals surface area contributed by atoms with Crippen molar-refractivity contribution < 1.29 is 5.21 Å². The van der Waals surface area contributed by atoms with Crippen molar-refractivity contribution in [3.63, 3.8) is 0 Å². The van der Waals surface area contributed by atoms with Crippen LogP contribution in [0, 0.1) is 11.8 Å². The van der Waals surface area contributed by atoms with E-state index in [1.165, 1.54) is 12.5 Å². The zero-order chi connectivity index (χ0) is 8.48. The SMILES string of the molecule is C[Si](C)(C)C[C@H]1C[C@H]1CNO. The van der Waals surface area contributed by atoms with Gasteiger partial charge in [-0.3, -0.25) is 0 Å². The van der Waals surface area contributed by atoms with E-state index in [4.69, 9.17) is 5.21 Å². The van der Waals surface area contributed by atoms with Crippen LogP contribution in [-0.4, -0.2) is 19.8 Å². The Morgan fingerprint density at radius 1 is 1.36 bits per heavy atom. The van der Waals surface area contributed by atoms with Crippen molar-refractivity contribution in [2.45, 2.75) is 32.1 Å². The summed E-state index contributed by atoms with van der Waals surface area (Å²) >= 11 is 0. The van der Waals surface area contributed by atoms with E-state index in [1.807, 2.05) is 0 Å². The first-order chi connectivity index (χ1) is 5.03. The molecule has 0 bridgehead atoms. The molecule has 0 aromatic carbocycles. The molecule has 66 valence electrons.